The Balaban J connectivity index is 1.78. The maximum absolute atomic E-state index is 11.8. The van der Waals surface area contributed by atoms with E-state index < -0.39 is 5.60 Å². The number of alkyl carbamates (subject to hydrolysis) is 1. The molecule has 0 radical (unpaired) electrons. The van der Waals surface area contributed by atoms with E-state index in [1.54, 1.807) is 0 Å². The van der Waals surface area contributed by atoms with Gasteiger partial charge in [-0.05, 0) is 65.5 Å². The SMILES string of the molecule is CC1CN(C)CCC1NC1CCCC1CNC(=O)OC(C)(C)C. The van der Waals surface area contributed by atoms with Crippen molar-refractivity contribution in [1.29, 1.82) is 0 Å². The highest BCUT2D eigenvalue weighted by Gasteiger charge is 2.32. The third-order valence-electron chi connectivity index (χ3n) is 5.10. The molecule has 1 saturated heterocycles. The largest absolute Gasteiger partial charge is 0.444 e. The van der Waals surface area contributed by atoms with E-state index >= 15 is 0 Å². The van der Waals surface area contributed by atoms with Crippen LogP contribution in [0.5, 0.6) is 0 Å². The standard InChI is InChI=1S/C18H35N3O2/c1-13-12-21(5)10-9-15(13)20-16-8-6-7-14(16)11-19-17(22)23-18(2,3)4/h13-16,20H,6-12H2,1-5H3,(H,19,22). The number of amides is 1. The van der Waals surface area contributed by atoms with Gasteiger partial charge < -0.3 is 20.3 Å². The molecule has 0 bridgehead atoms. The molecule has 2 fully saturated rings. The summed E-state index contributed by atoms with van der Waals surface area (Å²) in [6.07, 6.45) is 4.59. The van der Waals surface area contributed by atoms with Gasteiger partial charge in [0.05, 0.1) is 0 Å². The minimum Gasteiger partial charge on any atom is -0.444 e. The fourth-order valence-electron chi connectivity index (χ4n) is 3.91. The van der Waals surface area contributed by atoms with E-state index in [9.17, 15) is 4.79 Å². The molecule has 23 heavy (non-hydrogen) atoms. The van der Waals surface area contributed by atoms with Crippen LogP contribution in [0.2, 0.25) is 0 Å². The molecule has 1 aliphatic heterocycles. The van der Waals surface area contributed by atoms with Gasteiger partial charge in [0.25, 0.3) is 0 Å². The Labute approximate surface area is 141 Å². The average molecular weight is 325 g/mol. The van der Waals surface area contributed by atoms with Crippen molar-refractivity contribution in [1.82, 2.24) is 15.5 Å². The zero-order valence-corrected chi connectivity index (χ0v) is 15.5. The number of rotatable bonds is 4. The van der Waals surface area contributed by atoms with Gasteiger partial charge in [-0.3, -0.25) is 0 Å². The molecule has 1 heterocycles. The van der Waals surface area contributed by atoms with Crippen LogP contribution in [-0.4, -0.2) is 55.4 Å². The van der Waals surface area contributed by atoms with Crippen LogP contribution in [0.3, 0.4) is 0 Å². The minimum atomic E-state index is -0.430. The smallest absolute Gasteiger partial charge is 0.407 e. The summed E-state index contributed by atoms with van der Waals surface area (Å²) >= 11 is 0. The van der Waals surface area contributed by atoms with Crippen molar-refractivity contribution in [2.75, 3.05) is 26.7 Å². The summed E-state index contributed by atoms with van der Waals surface area (Å²) in [7, 11) is 2.20. The van der Waals surface area contributed by atoms with Gasteiger partial charge in [0.2, 0.25) is 0 Å². The van der Waals surface area contributed by atoms with Crippen LogP contribution >= 0.6 is 0 Å². The molecule has 1 aliphatic carbocycles. The van der Waals surface area contributed by atoms with E-state index in [1.807, 2.05) is 20.8 Å². The molecule has 0 aromatic rings. The number of piperidine rings is 1. The first kappa shape index (κ1) is 18.5. The molecule has 134 valence electrons. The lowest BCUT2D eigenvalue weighted by atomic mass is 9.92. The van der Waals surface area contributed by atoms with E-state index in [2.05, 4.69) is 29.5 Å². The number of likely N-dealkylation sites (tertiary alicyclic amines) is 1. The highest BCUT2D eigenvalue weighted by Crippen LogP contribution is 2.27. The molecule has 4 atom stereocenters. The van der Waals surface area contributed by atoms with Crippen LogP contribution in [-0.2, 0) is 4.74 Å². The highest BCUT2D eigenvalue weighted by molar-refractivity contribution is 5.67. The molecule has 2 rings (SSSR count). The Morgan fingerprint density at radius 2 is 1.96 bits per heavy atom. The Bertz CT molecular complexity index is 394. The molecule has 1 saturated carbocycles. The van der Waals surface area contributed by atoms with Crippen molar-refractivity contribution in [2.24, 2.45) is 11.8 Å². The second-order valence-corrected chi connectivity index (χ2v) is 8.48. The van der Waals surface area contributed by atoms with Gasteiger partial charge in [0.1, 0.15) is 5.60 Å². The number of carbonyl (C=O) groups is 1. The van der Waals surface area contributed by atoms with E-state index in [0.29, 0.717) is 30.5 Å². The molecule has 2 N–H and O–H groups in total. The number of ether oxygens (including phenoxy) is 1. The Morgan fingerprint density at radius 3 is 2.61 bits per heavy atom. The van der Waals surface area contributed by atoms with Gasteiger partial charge in [-0.2, -0.15) is 0 Å². The lowest BCUT2D eigenvalue weighted by molar-refractivity contribution is 0.0516. The topological polar surface area (TPSA) is 53.6 Å². The first-order valence-electron chi connectivity index (χ1n) is 9.16. The molecular weight excluding hydrogens is 290 g/mol. The molecular formula is C18H35N3O2. The van der Waals surface area contributed by atoms with Crippen molar-refractivity contribution >= 4 is 6.09 Å². The van der Waals surface area contributed by atoms with Crippen molar-refractivity contribution in [3.63, 3.8) is 0 Å². The van der Waals surface area contributed by atoms with Crippen molar-refractivity contribution in [3.05, 3.63) is 0 Å². The van der Waals surface area contributed by atoms with Crippen LogP contribution in [0.4, 0.5) is 4.79 Å². The van der Waals surface area contributed by atoms with Gasteiger partial charge in [0.15, 0.2) is 0 Å². The van der Waals surface area contributed by atoms with Crippen molar-refractivity contribution in [3.8, 4) is 0 Å². The third kappa shape index (κ3) is 5.96. The molecule has 5 nitrogen and oxygen atoms in total. The van der Waals surface area contributed by atoms with Crippen LogP contribution in [0.25, 0.3) is 0 Å². The number of hydrogen-bond acceptors (Lipinski definition) is 4. The fraction of sp³-hybridized carbons (Fsp3) is 0.944. The summed E-state index contributed by atoms with van der Waals surface area (Å²) in [5, 5.41) is 6.85. The summed E-state index contributed by atoms with van der Waals surface area (Å²) < 4.78 is 5.34. The number of hydrogen-bond donors (Lipinski definition) is 2. The second-order valence-electron chi connectivity index (χ2n) is 8.48. The maximum atomic E-state index is 11.8. The lowest BCUT2D eigenvalue weighted by Crippen LogP contribution is -2.52. The van der Waals surface area contributed by atoms with Gasteiger partial charge >= 0.3 is 6.09 Å². The fourth-order valence-corrected chi connectivity index (χ4v) is 3.91. The average Bonchev–Trinajstić information content (AvgIpc) is 2.85. The normalized spacial score (nSPS) is 32.7. The first-order chi connectivity index (χ1) is 10.7. The number of nitrogens with one attached hydrogen (secondary N) is 2. The van der Waals surface area contributed by atoms with Crippen LogP contribution in [0.15, 0.2) is 0 Å². The van der Waals surface area contributed by atoms with Crippen molar-refractivity contribution < 1.29 is 9.53 Å². The zero-order chi connectivity index (χ0) is 17.0. The Hall–Kier alpha value is -0.810. The van der Waals surface area contributed by atoms with Gasteiger partial charge in [-0.1, -0.05) is 13.3 Å². The van der Waals surface area contributed by atoms with Crippen LogP contribution in [0.1, 0.15) is 53.4 Å². The zero-order valence-electron chi connectivity index (χ0n) is 15.5. The minimum absolute atomic E-state index is 0.296. The molecule has 1 amide bonds. The van der Waals surface area contributed by atoms with E-state index in [1.165, 1.54) is 38.8 Å². The lowest BCUT2D eigenvalue weighted by Gasteiger charge is -2.38. The van der Waals surface area contributed by atoms with E-state index in [0.717, 1.165) is 0 Å². The van der Waals surface area contributed by atoms with E-state index in [4.69, 9.17) is 4.74 Å². The molecule has 2 aliphatic rings. The molecule has 0 aromatic carbocycles. The molecule has 0 spiro atoms. The quantitative estimate of drug-likeness (QED) is 0.834. The highest BCUT2D eigenvalue weighted by atomic mass is 16.6. The van der Waals surface area contributed by atoms with Gasteiger partial charge in [0, 0.05) is 25.2 Å². The summed E-state index contributed by atoms with van der Waals surface area (Å²) in [5.74, 6) is 1.21. The summed E-state index contributed by atoms with van der Waals surface area (Å²) in [6.45, 7) is 11.1. The predicted molar refractivity (Wildman–Crippen MR) is 93.6 cm³/mol. The maximum Gasteiger partial charge on any atom is 0.407 e. The second kappa shape index (κ2) is 7.84. The molecule has 0 aromatic heterocycles. The number of carbonyl (C=O) groups excluding carboxylic acids is 1. The third-order valence-corrected chi connectivity index (χ3v) is 5.10. The first-order valence-corrected chi connectivity index (χ1v) is 9.16. The Morgan fingerprint density at radius 1 is 1.22 bits per heavy atom. The number of nitrogens with zero attached hydrogens (tertiary/aromatic N) is 1. The van der Waals surface area contributed by atoms with Crippen LogP contribution < -0.4 is 10.6 Å². The predicted octanol–water partition coefficient (Wildman–Crippen LogP) is 2.61. The van der Waals surface area contributed by atoms with Crippen LogP contribution in [0, 0.1) is 11.8 Å². The monoisotopic (exact) mass is 325 g/mol. The summed E-state index contributed by atoms with van der Waals surface area (Å²) in [6, 6.07) is 1.14. The summed E-state index contributed by atoms with van der Waals surface area (Å²) in [5.41, 5.74) is -0.430. The summed E-state index contributed by atoms with van der Waals surface area (Å²) in [4.78, 5) is 14.3. The molecule has 4 unspecified atom stereocenters. The van der Waals surface area contributed by atoms with Crippen molar-refractivity contribution in [2.45, 2.75) is 71.1 Å². The Kier molecular flexibility index (Phi) is 6.32. The van der Waals surface area contributed by atoms with Gasteiger partial charge in [-0.25, -0.2) is 4.79 Å². The van der Waals surface area contributed by atoms with Gasteiger partial charge in [-0.15, -0.1) is 0 Å². The van der Waals surface area contributed by atoms with E-state index in [-0.39, 0.29) is 6.09 Å². The molecule has 5 heteroatoms.